The highest BCUT2D eigenvalue weighted by molar-refractivity contribution is 8.00. The van der Waals surface area contributed by atoms with Gasteiger partial charge in [0.2, 0.25) is 5.91 Å². The second-order valence-corrected chi connectivity index (χ2v) is 6.34. The summed E-state index contributed by atoms with van der Waals surface area (Å²) in [6, 6.07) is -0.477. The quantitative estimate of drug-likeness (QED) is 0.599. The summed E-state index contributed by atoms with van der Waals surface area (Å²) in [6.45, 7) is 8.41. The fourth-order valence-corrected chi connectivity index (χ4v) is 2.34. The van der Waals surface area contributed by atoms with E-state index in [-0.39, 0.29) is 11.9 Å². The molecule has 0 heterocycles. The number of esters is 1. The molecule has 0 aliphatic carbocycles. The lowest BCUT2D eigenvalue weighted by atomic mass is 10.0. The molecule has 5 nitrogen and oxygen atoms in total. The Morgan fingerprint density at radius 3 is 2.45 bits per heavy atom. The smallest absolute Gasteiger partial charge is 0.323 e. The number of thioether (sulfide) groups is 1. The van der Waals surface area contributed by atoms with Crippen LogP contribution in [0.3, 0.4) is 0 Å². The highest BCUT2D eigenvalue weighted by Crippen LogP contribution is 2.07. The van der Waals surface area contributed by atoms with Gasteiger partial charge in [-0.05, 0) is 32.6 Å². The van der Waals surface area contributed by atoms with Gasteiger partial charge in [-0.1, -0.05) is 13.8 Å². The van der Waals surface area contributed by atoms with Gasteiger partial charge in [-0.15, -0.1) is 11.8 Å². The van der Waals surface area contributed by atoms with Gasteiger partial charge in [-0.25, -0.2) is 0 Å². The molecule has 0 aliphatic rings. The Balaban J connectivity index is 3.75. The van der Waals surface area contributed by atoms with Crippen molar-refractivity contribution in [2.75, 3.05) is 18.1 Å². The van der Waals surface area contributed by atoms with E-state index in [4.69, 9.17) is 10.5 Å². The fraction of sp³-hybridized carbons (Fsp3) is 0.857. The lowest BCUT2D eigenvalue weighted by Crippen LogP contribution is -2.37. The topological polar surface area (TPSA) is 81.4 Å². The Morgan fingerprint density at radius 2 is 1.90 bits per heavy atom. The van der Waals surface area contributed by atoms with Crippen molar-refractivity contribution in [3.05, 3.63) is 0 Å². The maximum absolute atomic E-state index is 11.7. The van der Waals surface area contributed by atoms with Gasteiger partial charge in [-0.2, -0.15) is 0 Å². The Labute approximate surface area is 126 Å². The first-order valence-corrected chi connectivity index (χ1v) is 8.31. The Hall–Kier alpha value is -0.750. The second-order valence-electron chi connectivity index (χ2n) is 5.31. The fourth-order valence-electron chi connectivity index (χ4n) is 1.57. The monoisotopic (exact) mass is 304 g/mol. The normalized spacial score (nSPS) is 13.9. The van der Waals surface area contributed by atoms with Crippen LogP contribution in [-0.2, 0) is 14.3 Å². The number of carbonyl (C=O) groups excluding carboxylic acids is 2. The van der Waals surface area contributed by atoms with Gasteiger partial charge >= 0.3 is 5.97 Å². The predicted molar refractivity (Wildman–Crippen MR) is 83.6 cm³/mol. The number of rotatable bonds is 10. The van der Waals surface area contributed by atoms with Crippen LogP contribution in [0, 0.1) is 5.92 Å². The van der Waals surface area contributed by atoms with E-state index in [1.807, 2.05) is 6.92 Å². The summed E-state index contributed by atoms with van der Waals surface area (Å²) in [4.78, 5) is 23.0. The molecule has 20 heavy (non-hydrogen) atoms. The van der Waals surface area contributed by atoms with Gasteiger partial charge in [0.05, 0.1) is 12.4 Å². The minimum absolute atomic E-state index is 0.0117. The molecule has 0 aliphatic heterocycles. The molecule has 2 atom stereocenters. The van der Waals surface area contributed by atoms with E-state index >= 15 is 0 Å². The molecule has 0 aromatic carbocycles. The van der Waals surface area contributed by atoms with Gasteiger partial charge in [0.1, 0.15) is 6.04 Å². The molecule has 118 valence electrons. The highest BCUT2D eigenvalue weighted by atomic mass is 32.2. The molecule has 3 N–H and O–H groups in total. The molecule has 0 spiro atoms. The zero-order valence-corrected chi connectivity index (χ0v) is 13.8. The Bertz CT molecular complexity index is 298. The van der Waals surface area contributed by atoms with Crippen molar-refractivity contribution in [3.8, 4) is 0 Å². The molecule has 0 bridgehead atoms. The van der Waals surface area contributed by atoms with Crippen molar-refractivity contribution in [1.29, 1.82) is 0 Å². The zero-order valence-electron chi connectivity index (χ0n) is 13.0. The minimum atomic E-state index is -0.661. The van der Waals surface area contributed by atoms with Gasteiger partial charge in [0.25, 0.3) is 0 Å². The van der Waals surface area contributed by atoms with Crippen LogP contribution in [-0.4, -0.2) is 42.1 Å². The summed E-state index contributed by atoms with van der Waals surface area (Å²) in [6.07, 6.45) is 2.08. The van der Waals surface area contributed by atoms with Crippen LogP contribution in [0.1, 0.15) is 40.5 Å². The first-order chi connectivity index (χ1) is 9.36. The molecule has 0 saturated heterocycles. The lowest BCUT2D eigenvalue weighted by Gasteiger charge is -2.15. The molecule has 0 aromatic heterocycles. The van der Waals surface area contributed by atoms with Crippen LogP contribution in [0.15, 0.2) is 0 Å². The number of hydrogen-bond donors (Lipinski definition) is 2. The first-order valence-electron chi connectivity index (χ1n) is 7.16. The summed E-state index contributed by atoms with van der Waals surface area (Å²) in [5.74, 6) is 0.936. The first kappa shape index (κ1) is 19.2. The van der Waals surface area contributed by atoms with E-state index in [1.54, 1.807) is 6.92 Å². The average Bonchev–Trinajstić information content (AvgIpc) is 2.36. The van der Waals surface area contributed by atoms with Gasteiger partial charge in [0, 0.05) is 11.8 Å². The third-order valence-corrected chi connectivity index (χ3v) is 3.77. The van der Waals surface area contributed by atoms with Crippen LogP contribution in [0.2, 0.25) is 0 Å². The molecular weight excluding hydrogens is 276 g/mol. The number of nitrogens with one attached hydrogen (secondary N) is 1. The van der Waals surface area contributed by atoms with Crippen LogP contribution in [0.25, 0.3) is 0 Å². The molecular formula is C14H28N2O3S. The SMILES string of the molecule is CCOC(=O)C(N)CSCC(=O)NC(C)CCC(C)C. The standard InChI is InChI=1S/C14H28N2O3S/c1-5-19-14(18)12(15)8-20-9-13(17)16-11(4)7-6-10(2)3/h10-12H,5-9,15H2,1-4H3,(H,16,17). The number of nitrogens with two attached hydrogens (primary N) is 1. The number of ether oxygens (including phenoxy) is 1. The van der Waals surface area contributed by atoms with Crippen molar-refractivity contribution in [3.63, 3.8) is 0 Å². The average molecular weight is 304 g/mol. The molecule has 0 radical (unpaired) electrons. The second kappa shape index (κ2) is 11.0. The van der Waals surface area contributed by atoms with E-state index in [2.05, 4.69) is 19.2 Å². The highest BCUT2D eigenvalue weighted by Gasteiger charge is 2.15. The lowest BCUT2D eigenvalue weighted by molar-refractivity contribution is -0.144. The third kappa shape index (κ3) is 10.1. The summed E-state index contributed by atoms with van der Waals surface area (Å²) < 4.78 is 4.80. The maximum Gasteiger partial charge on any atom is 0.323 e. The van der Waals surface area contributed by atoms with Crippen LogP contribution in [0.5, 0.6) is 0 Å². The van der Waals surface area contributed by atoms with E-state index in [0.29, 0.717) is 24.0 Å². The van der Waals surface area contributed by atoms with Gasteiger partial charge < -0.3 is 15.8 Å². The van der Waals surface area contributed by atoms with Crippen LogP contribution < -0.4 is 11.1 Å². The van der Waals surface area contributed by atoms with E-state index in [9.17, 15) is 9.59 Å². The summed E-state index contributed by atoms with van der Waals surface area (Å²) in [7, 11) is 0. The van der Waals surface area contributed by atoms with Crippen molar-refractivity contribution >= 4 is 23.6 Å². The zero-order chi connectivity index (χ0) is 15.5. The van der Waals surface area contributed by atoms with E-state index < -0.39 is 12.0 Å². The van der Waals surface area contributed by atoms with E-state index in [1.165, 1.54) is 11.8 Å². The molecule has 0 rings (SSSR count). The predicted octanol–water partition coefficient (Wildman–Crippen LogP) is 1.55. The Morgan fingerprint density at radius 1 is 1.25 bits per heavy atom. The van der Waals surface area contributed by atoms with E-state index in [0.717, 1.165) is 12.8 Å². The van der Waals surface area contributed by atoms with Crippen molar-refractivity contribution in [1.82, 2.24) is 5.32 Å². The van der Waals surface area contributed by atoms with Gasteiger partial charge in [-0.3, -0.25) is 9.59 Å². The Kier molecular flexibility index (Phi) is 10.6. The number of carbonyl (C=O) groups is 2. The molecule has 0 fully saturated rings. The van der Waals surface area contributed by atoms with Gasteiger partial charge in [0.15, 0.2) is 0 Å². The maximum atomic E-state index is 11.7. The van der Waals surface area contributed by atoms with Crippen molar-refractivity contribution < 1.29 is 14.3 Å². The number of hydrogen-bond acceptors (Lipinski definition) is 5. The molecule has 6 heteroatoms. The van der Waals surface area contributed by atoms with Crippen LogP contribution in [0.4, 0.5) is 0 Å². The molecule has 2 unspecified atom stereocenters. The summed E-state index contributed by atoms with van der Waals surface area (Å²) in [5.41, 5.74) is 5.64. The van der Waals surface area contributed by atoms with Crippen LogP contribution >= 0.6 is 11.8 Å². The molecule has 0 aromatic rings. The largest absolute Gasteiger partial charge is 0.465 e. The summed E-state index contributed by atoms with van der Waals surface area (Å²) in [5, 5.41) is 2.95. The third-order valence-electron chi connectivity index (χ3n) is 2.70. The minimum Gasteiger partial charge on any atom is -0.465 e. The van der Waals surface area contributed by atoms with Crippen molar-refractivity contribution in [2.24, 2.45) is 11.7 Å². The number of amides is 1. The van der Waals surface area contributed by atoms with Crippen molar-refractivity contribution in [2.45, 2.75) is 52.6 Å². The summed E-state index contributed by atoms with van der Waals surface area (Å²) >= 11 is 1.35. The molecule has 1 amide bonds. The molecule has 0 saturated carbocycles.